The van der Waals surface area contributed by atoms with Crippen molar-refractivity contribution in [2.24, 2.45) is 7.05 Å². The molecule has 6 nitrogen and oxygen atoms in total. The lowest BCUT2D eigenvalue weighted by Crippen LogP contribution is -2.27. The van der Waals surface area contributed by atoms with Gasteiger partial charge in [-0.2, -0.15) is 0 Å². The van der Waals surface area contributed by atoms with E-state index in [1.807, 2.05) is 43.1 Å². The highest BCUT2D eigenvalue weighted by atomic mass is 16.1. The van der Waals surface area contributed by atoms with Crippen LogP contribution in [0.5, 0.6) is 0 Å². The van der Waals surface area contributed by atoms with Gasteiger partial charge in [0, 0.05) is 31.5 Å². The van der Waals surface area contributed by atoms with Gasteiger partial charge in [-0.15, -0.1) is 0 Å². The van der Waals surface area contributed by atoms with Gasteiger partial charge >= 0.3 is 0 Å². The molecule has 23 heavy (non-hydrogen) atoms. The average Bonchev–Trinajstić information content (AvgIpc) is 3.14. The summed E-state index contributed by atoms with van der Waals surface area (Å²) in [7, 11) is 3.99. The molecule has 0 radical (unpaired) electrons. The molecule has 0 saturated carbocycles. The van der Waals surface area contributed by atoms with Crippen molar-refractivity contribution in [3.05, 3.63) is 47.3 Å². The van der Waals surface area contributed by atoms with E-state index in [2.05, 4.69) is 27.2 Å². The summed E-state index contributed by atoms with van der Waals surface area (Å²) in [6.45, 7) is 3.44. The van der Waals surface area contributed by atoms with Crippen LogP contribution >= 0.6 is 0 Å². The van der Waals surface area contributed by atoms with Crippen molar-refractivity contribution in [1.82, 2.24) is 24.8 Å². The fourth-order valence-corrected chi connectivity index (χ4v) is 3.16. The number of hydrogen-bond acceptors (Lipinski definition) is 4. The molecule has 1 saturated heterocycles. The summed E-state index contributed by atoms with van der Waals surface area (Å²) in [5.41, 5.74) is 2.69. The number of aryl methyl sites for hydroxylation is 2. The Morgan fingerprint density at radius 1 is 1.43 bits per heavy atom. The van der Waals surface area contributed by atoms with Gasteiger partial charge in [-0.05, 0) is 45.5 Å². The molecule has 2 aromatic rings. The number of nitrogens with zero attached hydrogens (tertiary/aromatic N) is 4. The van der Waals surface area contributed by atoms with E-state index in [0.717, 1.165) is 30.0 Å². The molecule has 1 atom stereocenters. The number of carbonyl (C=O) groups is 1. The van der Waals surface area contributed by atoms with Gasteiger partial charge in [0.25, 0.3) is 5.91 Å². The van der Waals surface area contributed by atoms with Crippen LogP contribution in [0.2, 0.25) is 0 Å². The standard InChI is InChI=1S/C17H23N5O/c1-12-18-10-13(16(20-12)14-6-4-8-21(14)2)11-19-17(23)15-7-5-9-22(15)3/h5,7,9-10,14H,4,6,8,11H2,1-3H3,(H,19,23)/t14-/m1/s1. The molecule has 0 bridgehead atoms. The van der Waals surface area contributed by atoms with Gasteiger partial charge in [-0.25, -0.2) is 9.97 Å². The third-order valence-corrected chi connectivity index (χ3v) is 4.47. The van der Waals surface area contributed by atoms with Crippen LogP contribution in [-0.2, 0) is 13.6 Å². The summed E-state index contributed by atoms with van der Waals surface area (Å²) >= 11 is 0. The zero-order chi connectivity index (χ0) is 16.4. The van der Waals surface area contributed by atoms with Crippen molar-refractivity contribution >= 4 is 5.91 Å². The fraction of sp³-hybridized carbons (Fsp3) is 0.471. The molecule has 1 amide bonds. The minimum Gasteiger partial charge on any atom is -0.347 e. The maximum atomic E-state index is 12.3. The van der Waals surface area contributed by atoms with Crippen LogP contribution < -0.4 is 5.32 Å². The molecular weight excluding hydrogens is 290 g/mol. The number of aromatic nitrogens is 3. The Morgan fingerprint density at radius 3 is 2.91 bits per heavy atom. The highest BCUT2D eigenvalue weighted by molar-refractivity contribution is 5.92. The van der Waals surface area contributed by atoms with Crippen molar-refractivity contribution < 1.29 is 4.79 Å². The van der Waals surface area contributed by atoms with Gasteiger partial charge < -0.3 is 9.88 Å². The fourth-order valence-electron chi connectivity index (χ4n) is 3.16. The Bertz CT molecular complexity index is 709. The maximum Gasteiger partial charge on any atom is 0.268 e. The lowest BCUT2D eigenvalue weighted by molar-refractivity contribution is 0.0942. The van der Waals surface area contributed by atoms with Gasteiger partial charge in [0.05, 0.1) is 11.7 Å². The molecule has 1 N–H and O–H groups in total. The zero-order valence-electron chi connectivity index (χ0n) is 13.9. The quantitative estimate of drug-likeness (QED) is 0.935. The maximum absolute atomic E-state index is 12.3. The Kier molecular flexibility index (Phi) is 4.43. The number of amides is 1. The number of carbonyl (C=O) groups excluding carboxylic acids is 1. The molecule has 122 valence electrons. The highest BCUT2D eigenvalue weighted by Gasteiger charge is 2.26. The lowest BCUT2D eigenvalue weighted by Gasteiger charge is -2.21. The highest BCUT2D eigenvalue weighted by Crippen LogP contribution is 2.31. The lowest BCUT2D eigenvalue weighted by atomic mass is 10.1. The van der Waals surface area contributed by atoms with E-state index in [9.17, 15) is 4.79 Å². The van der Waals surface area contributed by atoms with Crippen LogP contribution in [0, 0.1) is 6.92 Å². The van der Waals surface area contributed by atoms with E-state index in [1.54, 1.807) is 0 Å². The van der Waals surface area contributed by atoms with Crippen LogP contribution in [0.3, 0.4) is 0 Å². The van der Waals surface area contributed by atoms with E-state index >= 15 is 0 Å². The van der Waals surface area contributed by atoms with Crippen molar-refractivity contribution in [3.63, 3.8) is 0 Å². The Morgan fingerprint density at radius 2 is 2.26 bits per heavy atom. The molecular formula is C17H23N5O. The molecule has 0 aliphatic carbocycles. The van der Waals surface area contributed by atoms with Crippen LogP contribution in [-0.4, -0.2) is 38.9 Å². The molecule has 3 heterocycles. The summed E-state index contributed by atoms with van der Waals surface area (Å²) in [6.07, 6.45) is 5.99. The van der Waals surface area contributed by atoms with Crippen LogP contribution in [0.1, 0.15) is 46.5 Å². The molecule has 0 aromatic carbocycles. The van der Waals surface area contributed by atoms with Crippen LogP contribution in [0.4, 0.5) is 0 Å². The molecule has 6 heteroatoms. The smallest absolute Gasteiger partial charge is 0.268 e. The second kappa shape index (κ2) is 6.50. The Balaban J connectivity index is 1.77. The van der Waals surface area contributed by atoms with Gasteiger partial charge in [-0.1, -0.05) is 0 Å². The predicted octanol–water partition coefficient (Wildman–Crippen LogP) is 1.82. The second-order valence-corrected chi connectivity index (χ2v) is 6.15. The van der Waals surface area contributed by atoms with Crippen molar-refractivity contribution in [2.75, 3.05) is 13.6 Å². The first-order valence-electron chi connectivity index (χ1n) is 7.98. The summed E-state index contributed by atoms with van der Waals surface area (Å²) < 4.78 is 1.81. The van der Waals surface area contributed by atoms with E-state index in [4.69, 9.17) is 0 Å². The number of hydrogen-bond donors (Lipinski definition) is 1. The van der Waals surface area contributed by atoms with Gasteiger partial charge in [0.2, 0.25) is 0 Å². The summed E-state index contributed by atoms with van der Waals surface area (Å²) in [4.78, 5) is 23.6. The van der Waals surface area contributed by atoms with Crippen molar-refractivity contribution in [2.45, 2.75) is 32.4 Å². The van der Waals surface area contributed by atoms with Gasteiger partial charge in [0.15, 0.2) is 0 Å². The first kappa shape index (κ1) is 15.7. The SMILES string of the molecule is Cc1ncc(CNC(=O)c2cccn2C)c([C@H]2CCCN2C)n1. The van der Waals surface area contributed by atoms with Gasteiger partial charge in [-0.3, -0.25) is 9.69 Å². The molecule has 0 spiro atoms. The molecule has 2 aromatic heterocycles. The monoisotopic (exact) mass is 313 g/mol. The van der Waals surface area contributed by atoms with E-state index < -0.39 is 0 Å². The number of nitrogens with one attached hydrogen (secondary N) is 1. The van der Waals surface area contributed by atoms with Gasteiger partial charge in [0.1, 0.15) is 11.5 Å². The summed E-state index contributed by atoms with van der Waals surface area (Å²) in [5, 5.41) is 2.98. The average molecular weight is 313 g/mol. The predicted molar refractivity (Wildman–Crippen MR) is 88.0 cm³/mol. The number of likely N-dealkylation sites (tertiary alicyclic amines) is 1. The molecule has 1 aliphatic heterocycles. The van der Waals surface area contributed by atoms with E-state index in [-0.39, 0.29) is 5.91 Å². The van der Waals surface area contributed by atoms with Crippen LogP contribution in [0.15, 0.2) is 24.5 Å². The minimum absolute atomic E-state index is 0.0798. The summed E-state index contributed by atoms with van der Waals surface area (Å²) in [6, 6.07) is 3.99. The third kappa shape index (κ3) is 3.27. The number of rotatable bonds is 4. The zero-order valence-corrected chi connectivity index (χ0v) is 13.9. The van der Waals surface area contributed by atoms with E-state index in [0.29, 0.717) is 18.3 Å². The Hall–Kier alpha value is -2.21. The third-order valence-electron chi connectivity index (χ3n) is 4.47. The topological polar surface area (TPSA) is 63.1 Å². The molecule has 3 rings (SSSR count). The Labute approximate surface area is 136 Å². The van der Waals surface area contributed by atoms with Crippen molar-refractivity contribution in [1.29, 1.82) is 0 Å². The second-order valence-electron chi connectivity index (χ2n) is 6.15. The first-order chi connectivity index (χ1) is 11.1. The first-order valence-corrected chi connectivity index (χ1v) is 7.98. The summed E-state index contributed by atoms with van der Waals surface area (Å²) in [5.74, 6) is 0.696. The van der Waals surface area contributed by atoms with Crippen molar-refractivity contribution in [3.8, 4) is 0 Å². The molecule has 1 fully saturated rings. The molecule has 0 unspecified atom stereocenters. The molecule has 1 aliphatic rings. The minimum atomic E-state index is -0.0798. The van der Waals surface area contributed by atoms with E-state index in [1.165, 1.54) is 6.42 Å². The van der Waals surface area contributed by atoms with Crippen LogP contribution in [0.25, 0.3) is 0 Å². The largest absolute Gasteiger partial charge is 0.347 e. The normalized spacial score (nSPS) is 18.3.